The highest BCUT2D eigenvalue weighted by Gasteiger charge is 2.43. The molecule has 130 valence electrons. The first kappa shape index (κ1) is 17.2. The van der Waals surface area contributed by atoms with Gasteiger partial charge in [-0.15, -0.1) is 0 Å². The Kier molecular flexibility index (Phi) is 4.55. The van der Waals surface area contributed by atoms with E-state index in [0.29, 0.717) is 18.5 Å². The summed E-state index contributed by atoms with van der Waals surface area (Å²) in [5.74, 6) is 0.174. The highest BCUT2D eigenvalue weighted by atomic mass is 32.2. The summed E-state index contributed by atoms with van der Waals surface area (Å²) in [6, 6.07) is 10.2. The predicted octanol–water partition coefficient (Wildman–Crippen LogP) is 2.33. The molecule has 1 aromatic carbocycles. The highest BCUT2D eigenvalue weighted by molar-refractivity contribution is 7.89. The number of aliphatic hydroxyl groups excluding tert-OH is 1. The number of fused-ring (bicyclic) bond motifs is 1. The molecule has 0 bridgehead atoms. The van der Waals surface area contributed by atoms with Gasteiger partial charge in [0, 0.05) is 37.5 Å². The van der Waals surface area contributed by atoms with Crippen molar-refractivity contribution in [3.05, 3.63) is 53.9 Å². The zero-order chi connectivity index (χ0) is 17.5. The first-order chi connectivity index (χ1) is 11.3. The van der Waals surface area contributed by atoms with Gasteiger partial charge in [0.25, 0.3) is 0 Å². The molecule has 0 unspecified atom stereocenters. The van der Waals surface area contributed by atoms with Crippen molar-refractivity contribution in [2.24, 2.45) is 13.0 Å². The molecule has 6 heteroatoms. The summed E-state index contributed by atoms with van der Waals surface area (Å²) in [5.41, 5.74) is 1.50. The number of aliphatic hydroxyl groups is 1. The highest BCUT2D eigenvalue weighted by Crippen LogP contribution is 2.38. The van der Waals surface area contributed by atoms with Gasteiger partial charge in [0.15, 0.2) is 0 Å². The van der Waals surface area contributed by atoms with Gasteiger partial charge in [0.05, 0.1) is 17.0 Å². The van der Waals surface area contributed by atoms with Crippen molar-refractivity contribution in [2.45, 2.75) is 37.3 Å². The minimum atomic E-state index is -3.61. The maximum atomic E-state index is 13.1. The van der Waals surface area contributed by atoms with E-state index in [-0.39, 0.29) is 10.8 Å². The van der Waals surface area contributed by atoms with E-state index in [9.17, 15) is 13.5 Å². The Morgan fingerprint density at radius 2 is 1.88 bits per heavy atom. The van der Waals surface area contributed by atoms with Gasteiger partial charge in [-0.05, 0) is 24.1 Å². The Morgan fingerprint density at radius 1 is 1.17 bits per heavy atom. The molecule has 0 radical (unpaired) electrons. The largest absolute Gasteiger partial charge is 0.387 e. The van der Waals surface area contributed by atoms with Crippen LogP contribution in [0, 0.1) is 5.92 Å². The standard InChI is InChI=1S/C18H24N2O3S/c1-13(2)12-20-16(11-14-7-6-10-19(14)3)18(21)15-8-4-5-9-17(15)24(20,22)23/h4-10,13,16,18,21H,11-12H2,1-3H3/t16-,18-/m1/s1. The lowest BCUT2D eigenvalue weighted by Gasteiger charge is -2.40. The van der Waals surface area contributed by atoms with Crippen LogP contribution in [0.15, 0.2) is 47.5 Å². The molecule has 3 rings (SSSR count). The molecule has 0 amide bonds. The zero-order valence-electron chi connectivity index (χ0n) is 14.3. The van der Waals surface area contributed by atoms with E-state index in [4.69, 9.17) is 0 Å². The molecular formula is C18H24N2O3S. The van der Waals surface area contributed by atoms with E-state index >= 15 is 0 Å². The molecule has 0 saturated heterocycles. The summed E-state index contributed by atoms with van der Waals surface area (Å²) in [4.78, 5) is 0.223. The van der Waals surface area contributed by atoms with E-state index < -0.39 is 22.2 Å². The van der Waals surface area contributed by atoms with Crippen molar-refractivity contribution in [3.8, 4) is 0 Å². The summed E-state index contributed by atoms with van der Waals surface area (Å²) in [6.07, 6.45) is 1.57. The molecule has 1 aliphatic rings. The van der Waals surface area contributed by atoms with Crippen molar-refractivity contribution < 1.29 is 13.5 Å². The molecule has 1 aliphatic heterocycles. The Bertz CT molecular complexity index is 826. The van der Waals surface area contributed by atoms with E-state index in [1.807, 2.05) is 43.8 Å². The molecule has 1 aromatic heterocycles. The van der Waals surface area contributed by atoms with Crippen LogP contribution in [0.25, 0.3) is 0 Å². The summed E-state index contributed by atoms with van der Waals surface area (Å²) in [7, 11) is -1.68. The fourth-order valence-electron chi connectivity index (χ4n) is 3.36. The number of aryl methyl sites for hydroxylation is 1. The van der Waals surface area contributed by atoms with Crippen LogP contribution in [0.4, 0.5) is 0 Å². The van der Waals surface area contributed by atoms with Crippen LogP contribution in [0.2, 0.25) is 0 Å². The Balaban J connectivity index is 2.09. The number of sulfonamides is 1. The molecule has 2 aromatic rings. The van der Waals surface area contributed by atoms with Crippen molar-refractivity contribution in [1.82, 2.24) is 8.87 Å². The van der Waals surface area contributed by atoms with Gasteiger partial charge in [0.1, 0.15) is 0 Å². The van der Waals surface area contributed by atoms with Crippen LogP contribution in [0.1, 0.15) is 31.2 Å². The average Bonchev–Trinajstić information content (AvgIpc) is 2.93. The van der Waals surface area contributed by atoms with E-state index in [1.165, 1.54) is 4.31 Å². The van der Waals surface area contributed by atoms with E-state index in [0.717, 1.165) is 5.69 Å². The molecule has 0 fully saturated rings. The first-order valence-corrected chi connectivity index (χ1v) is 9.65. The van der Waals surface area contributed by atoms with E-state index in [1.54, 1.807) is 24.3 Å². The molecule has 5 nitrogen and oxygen atoms in total. The van der Waals surface area contributed by atoms with Crippen LogP contribution in [-0.4, -0.2) is 35.0 Å². The molecule has 0 saturated carbocycles. The number of rotatable bonds is 4. The van der Waals surface area contributed by atoms with Crippen molar-refractivity contribution in [3.63, 3.8) is 0 Å². The third-order valence-corrected chi connectivity index (χ3v) is 6.54. The molecule has 2 atom stereocenters. The normalized spacial score (nSPS) is 23.4. The van der Waals surface area contributed by atoms with Crippen LogP contribution < -0.4 is 0 Å². The van der Waals surface area contributed by atoms with Crippen molar-refractivity contribution in [2.75, 3.05) is 6.54 Å². The smallest absolute Gasteiger partial charge is 0.243 e. The Hall–Kier alpha value is -1.63. The molecular weight excluding hydrogens is 324 g/mol. The monoisotopic (exact) mass is 348 g/mol. The topological polar surface area (TPSA) is 62.5 Å². The van der Waals surface area contributed by atoms with E-state index in [2.05, 4.69) is 0 Å². The lowest BCUT2D eigenvalue weighted by atomic mass is 9.97. The number of aromatic nitrogens is 1. The predicted molar refractivity (Wildman–Crippen MR) is 93.0 cm³/mol. The lowest BCUT2D eigenvalue weighted by molar-refractivity contribution is 0.0745. The van der Waals surface area contributed by atoms with Gasteiger partial charge in [0.2, 0.25) is 10.0 Å². The Morgan fingerprint density at radius 3 is 2.50 bits per heavy atom. The van der Waals surface area contributed by atoms with Gasteiger partial charge >= 0.3 is 0 Å². The fourth-order valence-corrected chi connectivity index (χ4v) is 5.39. The van der Waals surface area contributed by atoms with Gasteiger partial charge in [-0.1, -0.05) is 32.0 Å². The molecule has 2 heterocycles. The van der Waals surface area contributed by atoms with Crippen LogP contribution in [0.3, 0.4) is 0 Å². The van der Waals surface area contributed by atoms with Crippen molar-refractivity contribution in [1.29, 1.82) is 0 Å². The third kappa shape index (κ3) is 2.90. The lowest BCUT2D eigenvalue weighted by Crippen LogP contribution is -2.50. The average molecular weight is 348 g/mol. The van der Waals surface area contributed by atoms with Gasteiger partial charge < -0.3 is 9.67 Å². The second kappa shape index (κ2) is 6.35. The molecule has 24 heavy (non-hydrogen) atoms. The quantitative estimate of drug-likeness (QED) is 0.922. The first-order valence-electron chi connectivity index (χ1n) is 8.21. The summed E-state index contributed by atoms with van der Waals surface area (Å²) in [6.45, 7) is 4.37. The summed E-state index contributed by atoms with van der Waals surface area (Å²) < 4.78 is 29.7. The number of benzene rings is 1. The second-order valence-electron chi connectivity index (χ2n) is 6.83. The van der Waals surface area contributed by atoms with Crippen LogP contribution in [0.5, 0.6) is 0 Å². The summed E-state index contributed by atoms with van der Waals surface area (Å²) >= 11 is 0. The number of hydrogen-bond acceptors (Lipinski definition) is 3. The van der Waals surface area contributed by atoms with Gasteiger partial charge in [-0.2, -0.15) is 4.31 Å². The third-order valence-electron chi connectivity index (χ3n) is 4.57. The van der Waals surface area contributed by atoms with Crippen LogP contribution in [-0.2, 0) is 23.5 Å². The molecule has 0 spiro atoms. The number of hydrogen-bond donors (Lipinski definition) is 1. The zero-order valence-corrected chi connectivity index (χ0v) is 15.1. The molecule has 0 aliphatic carbocycles. The van der Waals surface area contributed by atoms with Gasteiger partial charge in [-0.25, -0.2) is 8.42 Å². The molecule has 1 N–H and O–H groups in total. The minimum absolute atomic E-state index is 0.174. The second-order valence-corrected chi connectivity index (χ2v) is 8.69. The number of nitrogens with zero attached hydrogens (tertiary/aromatic N) is 2. The minimum Gasteiger partial charge on any atom is -0.387 e. The van der Waals surface area contributed by atoms with Crippen LogP contribution >= 0.6 is 0 Å². The summed E-state index contributed by atoms with van der Waals surface area (Å²) in [5, 5.41) is 10.9. The Labute approximate surface area is 143 Å². The maximum Gasteiger partial charge on any atom is 0.243 e. The maximum absolute atomic E-state index is 13.1. The SMILES string of the molecule is CC(C)CN1[C@H](Cc2cccn2C)[C@H](O)c2ccccc2S1(=O)=O. The van der Waals surface area contributed by atoms with Crippen molar-refractivity contribution >= 4 is 10.0 Å². The van der Waals surface area contributed by atoms with Gasteiger partial charge in [-0.3, -0.25) is 0 Å². The fraction of sp³-hybridized carbons (Fsp3) is 0.444.